The molecule has 1 aliphatic rings. The van der Waals surface area contributed by atoms with Crippen LogP contribution in [0.25, 0.3) is 10.8 Å². The summed E-state index contributed by atoms with van der Waals surface area (Å²) in [5.41, 5.74) is 3.20. The fraction of sp³-hybridized carbons (Fsp3) is 0.333. The third kappa shape index (κ3) is 2.40. The van der Waals surface area contributed by atoms with Crippen molar-refractivity contribution in [1.82, 2.24) is 0 Å². The molecule has 0 unspecified atom stereocenters. The monoisotopic (exact) mass is 298 g/mol. The highest BCUT2D eigenvalue weighted by atomic mass is 16.7. The quantitative estimate of drug-likeness (QED) is 0.640. The smallest absolute Gasteiger partial charge is 0.188 e. The van der Waals surface area contributed by atoms with E-state index in [-0.39, 0.29) is 12.6 Å². The van der Waals surface area contributed by atoms with Gasteiger partial charge in [-0.15, -0.1) is 0 Å². The number of aryl methyl sites for hydroxylation is 2. The van der Waals surface area contributed by atoms with E-state index in [2.05, 4.69) is 0 Å². The first kappa shape index (κ1) is 14.7. The summed E-state index contributed by atoms with van der Waals surface area (Å²) in [5.74, 6) is 0.655. The molecule has 0 radical (unpaired) electrons. The molecule has 1 aliphatic carbocycles. The van der Waals surface area contributed by atoms with Crippen LogP contribution in [-0.4, -0.2) is 26.0 Å². The Hall–Kier alpha value is -2.20. The zero-order chi connectivity index (χ0) is 15.7. The van der Waals surface area contributed by atoms with E-state index in [9.17, 15) is 9.59 Å². The van der Waals surface area contributed by atoms with E-state index in [1.165, 1.54) is 7.11 Å². The average Bonchev–Trinajstić information content (AvgIpc) is 2.51. The lowest BCUT2D eigenvalue weighted by Gasteiger charge is -2.18. The molecule has 0 atom stereocenters. The highest BCUT2D eigenvalue weighted by Crippen LogP contribution is 2.35. The van der Waals surface area contributed by atoms with Crippen molar-refractivity contribution in [2.24, 2.45) is 0 Å². The Bertz CT molecular complexity index is 762. The summed E-state index contributed by atoms with van der Waals surface area (Å²) in [6, 6.07) is 5.88. The topological polar surface area (TPSA) is 52.6 Å². The molecular weight excluding hydrogens is 280 g/mol. The van der Waals surface area contributed by atoms with Gasteiger partial charge in [0.2, 0.25) is 0 Å². The molecule has 2 aromatic carbocycles. The van der Waals surface area contributed by atoms with Crippen LogP contribution >= 0.6 is 0 Å². The van der Waals surface area contributed by atoms with Crippen molar-refractivity contribution in [1.29, 1.82) is 0 Å². The molecular formula is C18H18O4. The Morgan fingerprint density at radius 2 is 2.05 bits per heavy atom. The standard InChI is InChI=1S/C18H18O4/c1-11-6-13-7-12-4-3-5-17(20)14(12)8-15(13)18(16(11)9-19)22-10-21-2/h6-9H,3-5,10H2,1-2H3. The lowest BCUT2D eigenvalue weighted by molar-refractivity contribution is 0.0516. The zero-order valence-electron chi connectivity index (χ0n) is 12.8. The van der Waals surface area contributed by atoms with Crippen molar-refractivity contribution >= 4 is 22.8 Å². The predicted octanol–water partition coefficient (Wildman–Crippen LogP) is 3.46. The lowest BCUT2D eigenvalue weighted by Crippen LogP contribution is -2.11. The van der Waals surface area contributed by atoms with Gasteiger partial charge in [-0.2, -0.15) is 0 Å². The van der Waals surface area contributed by atoms with Gasteiger partial charge in [-0.05, 0) is 42.3 Å². The van der Waals surface area contributed by atoms with E-state index < -0.39 is 0 Å². The number of carbonyl (C=O) groups is 2. The summed E-state index contributed by atoms with van der Waals surface area (Å²) >= 11 is 0. The molecule has 22 heavy (non-hydrogen) atoms. The minimum absolute atomic E-state index is 0.0599. The van der Waals surface area contributed by atoms with Gasteiger partial charge in [0.25, 0.3) is 0 Å². The molecule has 0 bridgehead atoms. The molecule has 0 amide bonds. The van der Waals surface area contributed by atoms with Crippen LogP contribution in [0.3, 0.4) is 0 Å². The highest BCUT2D eigenvalue weighted by molar-refractivity contribution is 6.05. The molecule has 0 aromatic heterocycles. The molecule has 3 rings (SSSR count). The van der Waals surface area contributed by atoms with Crippen molar-refractivity contribution in [3.8, 4) is 5.75 Å². The highest BCUT2D eigenvalue weighted by Gasteiger charge is 2.20. The van der Waals surface area contributed by atoms with Gasteiger partial charge in [0, 0.05) is 24.5 Å². The van der Waals surface area contributed by atoms with Crippen molar-refractivity contribution in [3.05, 3.63) is 40.5 Å². The van der Waals surface area contributed by atoms with Crippen LogP contribution in [0.15, 0.2) is 18.2 Å². The van der Waals surface area contributed by atoms with Crippen LogP contribution < -0.4 is 4.74 Å². The fourth-order valence-electron chi connectivity index (χ4n) is 3.08. The third-order valence-electron chi connectivity index (χ3n) is 4.15. The van der Waals surface area contributed by atoms with Gasteiger partial charge in [0.15, 0.2) is 18.9 Å². The summed E-state index contributed by atoms with van der Waals surface area (Å²) in [4.78, 5) is 23.6. The van der Waals surface area contributed by atoms with Crippen molar-refractivity contribution < 1.29 is 19.1 Å². The van der Waals surface area contributed by atoms with E-state index >= 15 is 0 Å². The summed E-state index contributed by atoms with van der Waals surface area (Å²) in [5, 5.41) is 1.78. The first-order valence-electron chi connectivity index (χ1n) is 7.36. The van der Waals surface area contributed by atoms with Gasteiger partial charge < -0.3 is 9.47 Å². The number of hydrogen-bond acceptors (Lipinski definition) is 4. The number of carbonyl (C=O) groups excluding carboxylic acids is 2. The van der Waals surface area contributed by atoms with Crippen LogP contribution in [0.4, 0.5) is 0 Å². The van der Waals surface area contributed by atoms with Crippen LogP contribution in [0.1, 0.15) is 44.7 Å². The number of fused-ring (bicyclic) bond motifs is 2. The Balaban J connectivity index is 2.29. The largest absolute Gasteiger partial charge is 0.466 e. The number of hydrogen-bond donors (Lipinski definition) is 0. The maximum Gasteiger partial charge on any atom is 0.188 e. The summed E-state index contributed by atoms with van der Waals surface area (Å²) in [7, 11) is 1.53. The van der Waals surface area contributed by atoms with E-state index in [1.807, 2.05) is 25.1 Å². The maximum absolute atomic E-state index is 12.1. The second kappa shape index (κ2) is 5.89. The van der Waals surface area contributed by atoms with Crippen molar-refractivity contribution in [2.45, 2.75) is 26.2 Å². The third-order valence-corrected chi connectivity index (χ3v) is 4.15. The number of ether oxygens (including phenoxy) is 2. The molecule has 114 valence electrons. The van der Waals surface area contributed by atoms with Gasteiger partial charge in [0.1, 0.15) is 5.75 Å². The summed E-state index contributed by atoms with van der Waals surface area (Å²) in [6.45, 7) is 1.94. The molecule has 0 aliphatic heterocycles. The molecule has 4 heteroatoms. The van der Waals surface area contributed by atoms with Gasteiger partial charge in [-0.3, -0.25) is 9.59 Å². The normalized spacial score (nSPS) is 14.0. The summed E-state index contributed by atoms with van der Waals surface area (Å²) < 4.78 is 10.6. The number of ketones is 1. The average molecular weight is 298 g/mol. The molecule has 0 saturated heterocycles. The zero-order valence-corrected chi connectivity index (χ0v) is 12.8. The minimum Gasteiger partial charge on any atom is -0.466 e. The Morgan fingerprint density at radius 3 is 2.77 bits per heavy atom. The van der Waals surface area contributed by atoms with Gasteiger partial charge in [-0.1, -0.05) is 12.1 Å². The van der Waals surface area contributed by atoms with Gasteiger partial charge in [-0.25, -0.2) is 0 Å². The van der Waals surface area contributed by atoms with E-state index in [0.717, 1.165) is 46.6 Å². The van der Waals surface area contributed by atoms with Crippen LogP contribution in [0.5, 0.6) is 5.75 Å². The van der Waals surface area contributed by atoms with Gasteiger partial charge in [0.05, 0.1) is 5.56 Å². The van der Waals surface area contributed by atoms with Crippen molar-refractivity contribution in [3.63, 3.8) is 0 Å². The van der Waals surface area contributed by atoms with Crippen LogP contribution in [0.2, 0.25) is 0 Å². The number of Topliss-reactive ketones (excluding diaryl/α,β-unsaturated/α-hetero) is 1. The molecule has 0 fully saturated rings. The number of methoxy groups -OCH3 is 1. The van der Waals surface area contributed by atoms with Gasteiger partial charge >= 0.3 is 0 Å². The second-order valence-corrected chi connectivity index (χ2v) is 5.61. The van der Waals surface area contributed by atoms with Crippen LogP contribution in [-0.2, 0) is 11.2 Å². The Morgan fingerprint density at radius 1 is 1.23 bits per heavy atom. The lowest BCUT2D eigenvalue weighted by atomic mass is 9.87. The summed E-state index contributed by atoms with van der Waals surface area (Å²) in [6.07, 6.45) is 3.19. The molecule has 2 aromatic rings. The Kier molecular flexibility index (Phi) is 3.94. The molecule has 0 heterocycles. The Labute approximate surface area is 129 Å². The molecule has 0 saturated carbocycles. The molecule has 0 N–H and O–H groups in total. The van der Waals surface area contributed by atoms with Crippen LogP contribution in [0, 0.1) is 6.92 Å². The molecule has 0 spiro atoms. The van der Waals surface area contributed by atoms with E-state index in [1.54, 1.807) is 0 Å². The number of rotatable bonds is 4. The second-order valence-electron chi connectivity index (χ2n) is 5.61. The minimum atomic E-state index is 0.0599. The number of aldehydes is 1. The van der Waals surface area contributed by atoms with Crippen molar-refractivity contribution in [2.75, 3.05) is 13.9 Å². The predicted molar refractivity (Wildman–Crippen MR) is 83.8 cm³/mol. The SMILES string of the molecule is COCOc1c(C=O)c(C)cc2cc3c(cc12)C(=O)CCC3. The first-order valence-corrected chi connectivity index (χ1v) is 7.36. The first-order chi connectivity index (χ1) is 10.7. The van der Waals surface area contributed by atoms with E-state index in [4.69, 9.17) is 9.47 Å². The number of benzene rings is 2. The maximum atomic E-state index is 12.1. The molecule has 4 nitrogen and oxygen atoms in total. The van der Waals surface area contributed by atoms with E-state index in [0.29, 0.717) is 17.7 Å². The fourth-order valence-corrected chi connectivity index (χ4v) is 3.08.